The van der Waals surface area contributed by atoms with E-state index in [0.717, 1.165) is 24.8 Å². The lowest BCUT2D eigenvalue weighted by Crippen LogP contribution is -2.57. The fourth-order valence-corrected chi connectivity index (χ4v) is 5.44. The Hall–Kier alpha value is -1.17. The van der Waals surface area contributed by atoms with Gasteiger partial charge in [0.05, 0.1) is 19.3 Å². The minimum Gasteiger partial charge on any atom is -0.478 e. The van der Waals surface area contributed by atoms with Crippen molar-refractivity contribution in [2.75, 3.05) is 13.2 Å². The molecule has 4 N–H and O–H groups in total. The van der Waals surface area contributed by atoms with Crippen molar-refractivity contribution in [3.8, 4) is 0 Å². The molecule has 5 nitrogen and oxygen atoms in total. The van der Waals surface area contributed by atoms with E-state index in [1.807, 2.05) is 6.92 Å². The maximum atomic E-state index is 11.3. The first-order chi connectivity index (χ1) is 11.7. The van der Waals surface area contributed by atoms with E-state index in [1.54, 1.807) is 0 Å². The summed E-state index contributed by atoms with van der Waals surface area (Å²) in [7, 11) is 0. The van der Waals surface area contributed by atoms with Crippen LogP contribution < -0.4 is 0 Å². The van der Waals surface area contributed by atoms with Gasteiger partial charge in [-0.2, -0.15) is 0 Å². The molecular formula is C20H32O5. The van der Waals surface area contributed by atoms with E-state index < -0.39 is 17.5 Å². The molecule has 5 atom stereocenters. The van der Waals surface area contributed by atoms with Gasteiger partial charge in [0, 0.05) is 11.0 Å². The summed E-state index contributed by atoms with van der Waals surface area (Å²) >= 11 is 0. The highest BCUT2D eigenvalue weighted by Gasteiger charge is 2.57. The van der Waals surface area contributed by atoms with Crippen LogP contribution in [0.5, 0.6) is 0 Å². The Morgan fingerprint density at radius 2 is 2.00 bits per heavy atom. The lowest BCUT2D eigenvalue weighted by Gasteiger charge is -2.60. The molecule has 2 fully saturated rings. The number of carbonyl (C=O) groups is 1. The Bertz CT molecular complexity index is 554. The normalized spacial score (nSPS) is 39.2. The zero-order valence-electron chi connectivity index (χ0n) is 15.4. The van der Waals surface area contributed by atoms with Gasteiger partial charge in [0.25, 0.3) is 0 Å². The van der Waals surface area contributed by atoms with Gasteiger partial charge in [-0.05, 0) is 61.9 Å². The fraction of sp³-hybridized carbons (Fsp3) is 0.750. The molecule has 25 heavy (non-hydrogen) atoms. The van der Waals surface area contributed by atoms with E-state index >= 15 is 0 Å². The number of aliphatic hydroxyl groups is 3. The SMILES string of the molecule is C=C1CC[C@H]2[C@](C)(CO)[C@H](O)CC[C@@]2(C)[C@@H]1CC/C(=C/CO)C(=O)O. The van der Waals surface area contributed by atoms with Crippen LogP contribution in [-0.2, 0) is 4.79 Å². The number of aliphatic carboxylic acids is 1. The quantitative estimate of drug-likeness (QED) is 0.435. The van der Waals surface area contributed by atoms with Crippen LogP contribution in [0.3, 0.4) is 0 Å². The minimum absolute atomic E-state index is 0.0432. The number of hydrogen-bond acceptors (Lipinski definition) is 4. The average molecular weight is 352 g/mol. The summed E-state index contributed by atoms with van der Waals surface area (Å²) in [5.41, 5.74) is 0.753. The molecule has 0 heterocycles. The molecule has 5 heteroatoms. The standard InChI is InChI=1S/C20H32O5/c1-13-4-7-16-19(2,10-8-17(23)20(16,3)12-22)15(13)6-5-14(9-11-21)18(24)25/h9,15-17,21-23H,1,4-8,10-12H2,2-3H3,(H,24,25)/b14-9-/t15-,16-,17-,19+,20+/m1/s1. The molecular weight excluding hydrogens is 320 g/mol. The van der Waals surface area contributed by atoms with Crippen LogP contribution >= 0.6 is 0 Å². The molecule has 0 spiro atoms. The van der Waals surface area contributed by atoms with Crippen molar-refractivity contribution in [3.05, 3.63) is 23.8 Å². The van der Waals surface area contributed by atoms with Crippen molar-refractivity contribution in [2.24, 2.45) is 22.7 Å². The number of hydrogen-bond donors (Lipinski definition) is 4. The highest BCUT2D eigenvalue weighted by molar-refractivity contribution is 5.86. The van der Waals surface area contributed by atoms with Gasteiger partial charge in [0.2, 0.25) is 0 Å². The molecule has 2 aliphatic carbocycles. The molecule has 0 amide bonds. The Kier molecular flexibility index (Phi) is 6.13. The molecule has 0 unspecified atom stereocenters. The molecule has 2 saturated carbocycles. The number of carboxylic acids is 1. The van der Waals surface area contributed by atoms with Gasteiger partial charge in [-0.15, -0.1) is 0 Å². The molecule has 0 radical (unpaired) electrons. The van der Waals surface area contributed by atoms with Crippen LogP contribution in [0.25, 0.3) is 0 Å². The second-order valence-electron chi connectivity index (χ2n) is 8.28. The first-order valence-electron chi connectivity index (χ1n) is 9.20. The van der Waals surface area contributed by atoms with Gasteiger partial charge in [0.1, 0.15) is 0 Å². The van der Waals surface area contributed by atoms with Gasteiger partial charge < -0.3 is 20.4 Å². The average Bonchev–Trinajstić information content (AvgIpc) is 2.56. The zero-order valence-corrected chi connectivity index (χ0v) is 15.4. The highest BCUT2D eigenvalue weighted by atomic mass is 16.4. The molecule has 0 aliphatic heterocycles. The maximum absolute atomic E-state index is 11.3. The third kappa shape index (κ3) is 3.55. The van der Waals surface area contributed by atoms with Crippen LogP contribution in [0.15, 0.2) is 23.8 Å². The van der Waals surface area contributed by atoms with E-state index in [9.17, 15) is 20.1 Å². The van der Waals surface area contributed by atoms with Crippen LogP contribution in [-0.4, -0.2) is 45.7 Å². The number of carboxylic acid groups (broad SMARTS) is 1. The molecule has 0 saturated heterocycles. The first kappa shape index (κ1) is 20.1. The second-order valence-corrected chi connectivity index (χ2v) is 8.28. The summed E-state index contributed by atoms with van der Waals surface area (Å²) in [6, 6.07) is 0. The van der Waals surface area contributed by atoms with Crippen LogP contribution in [0.2, 0.25) is 0 Å². The minimum atomic E-state index is -0.989. The number of aliphatic hydroxyl groups excluding tert-OH is 3. The van der Waals surface area contributed by atoms with E-state index in [0.29, 0.717) is 19.3 Å². The smallest absolute Gasteiger partial charge is 0.331 e. The summed E-state index contributed by atoms with van der Waals surface area (Å²) in [4.78, 5) is 11.3. The maximum Gasteiger partial charge on any atom is 0.331 e. The summed E-state index contributed by atoms with van der Waals surface area (Å²) in [6.07, 6.45) is 5.15. The van der Waals surface area contributed by atoms with E-state index in [1.165, 1.54) is 6.08 Å². The summed E-state index contributed by atoms with van der Waals surface area (Å²) in [5.74, 6) is -0.651. The van der Waals surface area contributed by atoms with Crippen molar-refractivity contribution in [2.45, 2.75) is 58.5 Å². The predicted molar refractivity (Wildman–Crippen MR) is 95.9 cm³/mol. The van der Waals surface area contributed by atoms with Gasteiger partial charge in [-0.3, -0.25) is 0 Å². The Morgan fingerprint density at radius 1 is 1.32 bits per heavy atom. The number of rotatable bonds is 6. The topological polar surface area (TPSA) is 98.0 Å². The third-order valence-corrected chi connectivity index (χ3v) is 7.01. The van der Waals surface area contributed by atoms with Gasteiger partial charge in [0.15, 0.2) is 0 Å². The molecule has 0 aromatic carbocycles. The van der Waals surface area contributed by atoms with Crippen molar-refractivity contribution in [3.63, 3.8) is 0 Å². The Balaban J connectivity index is 2.26. The van der Waals surface area contributed by atoms with Gasteiger partial charge in [-0.1, -0.05) is 26.0 Å². The van der Waals surface area contributed by atoms with Crippen molar-refractivity contribution in [1.29, 1.82) is 0 Å². The summed E-state index contributed by atoms with van der Waals surface area (Å²) in [6.45, 7) is 8.12. The number of allylic oxidation sites excluding steroid dienone is 1. The van der Waals surface area contributed by atoms with Crippen molar-refractivity contribution < 1.29 is 25.2 Å². The molecule has 142 valence electrons. The van der Waals surface area contributed by atoms with Crippen molar-refractivity contribution >= 4 is 5.97 Å². The van der Waals surface area contributed by atoms with Crippen molar-refractivity contribution in [1.82, 2.24) is 0 Å². The van der Waals surface area contributed by atoms with Crippen LogP contribution in [0.4, 0.5) is 0 Å². The monoisotopic (exact) mass is 352 g/mol. The summed E-state index contributed by atoms with van der Waals surface area (Å²) in [5, 5.41) is 38.8. The van der Waals surface area contributed by atoms with E-state index in [4.69, 9.17) is 5.11 Å². The Labute approximate surface area is 150 Å². The summed E-state index contributed by atoms with van der Waals surface area (Å²) < 4.78 is 0. The van der Waals surface area contributed by atoms with E-state index in [-0.39, 0.29) is 36.0 Å². The molecule has 2 rings (SSSR count). The Morgan fingerprint density at radius 3 is 2.56 bits per heavy atom. The van der Waals surface area contributed by atoms with Crippen LogP contribution in [0, 0.1) is 22.7 Å². The fourth-order valence-electron chi connectivity index (χ4n) is 5.44. The van der Waals surface area contributed by atoms with Gasteiger partial charge in [-0.25, -0.2) is 4.79 Å². The molecule has 0 aromatic rings. The third-order valence-electron chi connectivity index (χ3n) is 7.01. The van der Waals surface area contributed by atoms with Gasteiger partial charge >= 0.3 is 5.97 Å². The second kappa shape index (κ2) is 7.60. The lowest BCUT2D eigenvalue weighted by molar-refractivity contribution is -0.152. The van der Waals surface area contributed by atoms with E-state index in [2.05, 4.69) is 13.5 Å². The molecule has 0 bridgehead atoms. The zero-order chi connectivity index (χ0) is 18.8. The molecule has 0 aromatic heterocycles. The van der Waals surface area contributed by atoms with Crippen LogP contribution in [0.1, 0.15) is 52.4 Å². The number of fused-ring (bicyclic) bond motifs is 1. The predicted octanol–water partition coefficient (Wildman–Crippen LogP) is 2.51. The highest BCUT2D eigenvalue weighted by Crippen LogP contribution is 2.61. The molecule has 2 aliphatic rings. The first-order valence-corrected chi connectivity index (χ1v) is 9.20. The lowest BCUT2D eigenvalue weighted by atomic mass is 9.46. The largest absolute Gasteiger partial charge is 0.478 e.